The third kappa shape index (κ3) is 5.11. The number of Topliss-reactive ketones (excluding diaryl/α,β-unsaturated/α-hetero) is 1. The van der Waals surface area contributed by atoms with Crippen LogP contribution in [0.4, 0.5) is 8.63 Å². The maximum Gasteiger partial charge on any atom is 0.678 e. The Morgan fingerprint density at radius 2 is 1.61 bits per heavy atom. The van der Waals surface area contributed by atoms with E-state index in [2.05, 4.69) is 22.4 Å². The molecule has 4 aromatic rings. The zero-order valence-electron chi connectivity index (χ0n) is 23.3. The maximum absolute atomic E-state index is 14.9. The van der Waals surface area contributed by atoms with Gasteiger partial charge >= 0.3 is 7.40 Å². The fourth-order valence-corrected chi connectivity index (χ4v) is 5.51. The molecule has 6 nitrogen and oxygen atoms in total. The van der Waals surface area contributed by atoms with Crippen molar-refractivity contribution >= 4 is 43.0 Å². The Morgan fingerprint density at radius 1 is 0.976 bits per heavy atom. The number of amides is 1. The first kappa shape index (κ1) is 27.8. The number of halogens is 2. The van der Waals surface area contributed by atoms with Crippen LogP contribution in [-0.4, -0.2) is 34.8 Å². The molecule has 1 aliphatic carbocycles. The number of rotatable bonds is 7. The first-order valence-corrected chi connectivity index (χ1v) is 13.4. The van der Waals surface area contributed by atoms with Crippen LogP contribution in [0.2, 0.25) is 0 Å². The summed E-state index contributed by atoms with van der Waals surface area (Å²) in [4.78, 5) is 28.8. The average molecular weight is 550 g/mol. The van der Waals surface area contributed by atoms with E-state index in [0.717, 1.165) is 39.0 Å². The average Bonchev–Trinajstić information content (AvgIpc) is 3.41. The molecule has 0 saturated heterocycles. The van der Waals surface area contributed by atoms with E-state index in [1.807, 2.05) is 44.2 Å². The molecule has 9 heteroatoms. The Morgan fingerprint density at radius 3 is 2.20 bits per heavy atom. The van der Waals surface area contributed by atoms with Gasteiger partial charge in [-0.1, -0.05) is 55.5 Å². The Labute approximate surface area is 237 Å². The summed E-state index contributed by atoms with van der Waals surface area (Å²) in [6, 6.07) is 18.0. The molecule has 2 aromatic carbocycles. The van der Waals surface area contributed by atoms with Crippen LogP contribution in [0.3, 0.4) is 0 Å². The number of nitrogens with one attached hydrogen (secondary N) is 2. The number of nitrogens with zero attached hydrogens (tertiary/aromatic N) is 2. The van der Waals surface area contributed by atoms with Gasteiger partial charge in [0.2, 0.25) is 0 Å². The first-order chi connectivity index (χ1) is 19.7. The van der Waals surface area contributed by atoms with Crippen molar-refractivity contribution in [2.24, 2.45) is 5.10 Å². The largest absolute Gasteiger partial charge is 0.678 e. The van der Waals surface area contributed by atoms with E-state index in [0.29, 0.717) is 27.6 Å². The van der Waals surface area contributed by atoms with Gasteiger partial charge in [-0.2, -0.15) is 5.10 Å². The van der Waals surface area contributed by atoms with Crippen LogP contribution >= 0.6 is 0 Å². The number of carbonyl (C=O) groups is 2. The maximum atomic E-state index is 14.9. The number of hydrogen-bond acceptors (Lipinski definition) is 3. The Hall–Kier alpha value is -4.79. The predicted molar refractivity (Wildman–Crippen MR) is 159 cm³/mol. The molecule has 2 heterocycles. The number of carbonyl (C=O) groups excluding carboxylic acids is 2. The van der Waals surface area contributed by atoms with E-state index in [1.165, 1.54) is 12.3 Å². The van der Waals surface area contributed by atoms with Crippen molar-refractivity contribution in [1.82, 2.24) is 14.9 Å². The second kappa shape index (κ2) is 11.4. The summed E-state index contributed by atoms with van der Waals surface area (Å²) in [6.45, 7) is 7.84. The summed E-state index contributed by atoms with van der Waals surface area (Å²) in [5.74, 6) is -0.912. The molecule has 1 amide bonds. The van der Waals surface area contributed by atoms with Gasteiger partial charge in [-0.05, 0) is 67.7 Å². The molecule has 0 aliphatic heterocycles. The minimum absolute atomic E-state index is 0.132. The van der Waals surface area contributed by atoms with Crippen molar-refractivity contribution in [3.05, 3.63) is 122 Å². The zero-order valence-corrected chi connectivity index (χ0v) is 23.3. The molecular formula is C32H29BF2N4O2. The summed E-state index contributed by atoms with van der Waals surface area (Å²) in [6.07, 6.45) is 4.82. The van der Waals surface area contributed by atoms with E-state index in [9.17, 15) is 18.2 Å². The highest BCUT2D eigenvalue weighted by Crippen LogP contribution is 2.28. The van der Waals surface area contributed by atoms with Gasteiger partial charge in [0.15, 0.2) is 5.78 Å². The first-order valence-electron chi connectivity index (χ1n) is 13.4. The molecule has 206 valence electrons. The van der Waals surface area contributed by atoms with E-state index >= 15 is 0 Å². The Balaban J connectivity index is 1.71. The number of hydrogen-bond donors (Lipinski definition) is 2. The number of H-pyrrole nitrogens is 1. The van der Waals surface area contributed by atoms with Crippen LogP contribution in [0, 0.1) is 20.8 Å². The summed E-state index contributed by atoms with van der Waals surface area (Å²) >= 11 is 0. The molecule has 2 aromatic heterocycles. The summed E-state index contributed by atoms with van der Waals surface area (Å²) in [5.41, 5.74) is 9.42. The lowest BCUT2D eigenvalue weighted by molar-refractivity contribution is -0.109. The fourth-order valence-electron chi connectivity index (χ4n) is 5.51. The molecule has 1 aliphatic rings. The number of fused-ring (bicyclic) bond motifs is 1. The van der Waals surface area contributed by atoms with Gasteiger partial charge in [-0.15, -0.1) is 0 Å². The van der Waals surface area contributed by atoms with Crippen molar-refractivity contribution in [3.8, 4) is 0 Å². The predicted octanol–water partition coefficient (Wildman–Crippen LogP) is 4.49. The molecule has 0 saturated carbocycles. The molecule has 0 fully saturated rings. The number of aryl methyl sites for hydroxylation is 1. The van der Waals surface area contributed by atoms with E-state index in [4.69, 9.17) is 0 Å². The van der Waals surface area contributed by atoms with Crippen molar-refractivity contribution < 1.29 is 18.2 Å². The lowest BCUT2D eigenvalue weighted by Gasteiger charge is -2.11. The highest BCUT2D eigenvalue weighted by Gasteiger charge is 2.29. The number of ketones is 1. The summed E-state index contributed by atoms with van der Waals surface area (Å²) in [7, 11) is -2.90. The number of benzene rings is 2. The van der Waals surface area contributed by atoms with E-state index < -0.39 is 19.1 Å². The third-order valence-electron chi connectivity index (χ3n) is 7.48. The molecule has 0 radical (unpaired) electrons. The van der Waals surface area contributed by atoms with Gasteiger partial charge in [-0.25, -0.2) is 5.43 Å². The second-order valence-electron chi connectivity index (χ2n) is 9.92. The van der Waals surface area contributed by atoms with Crippen molar-refractivity contribution in [1.29, 1.82) is 0 Å². The monoisotopic (exact) mass is 550 g/mol. The Bertz CT molecular complexity index is 1840. The lowest BCUT2D eigenvalue weighted by atomic mass is 9.95. The SMILES string of the molecule is CCc1c(C)[nH]c(/C(c2ccccc2)=c2\c(C)c3c(n2B(F)F)=CC(=O)C(/C=N/NC(=O)c2ccccc2)=C3)c1C. The molecule has 0 unspecified atom stereocenters. The van der Waals surface area contributed by atoms with Crippen molar-refractivity contribution in [3.63, 3.8) is 0 Å². The van der Waals surface area contributed by atoms with E-state index in [-0.39, 0.29) is 10.9 Å². The van der Waals surface area contributed by atoms with E-state index in [1.54, 1.807) is 43.3 Å². The third-order valence-corrected chi connectivity index (χ3v) is 7.48. The fraction of sp³-hybridized carbons (Fsp3) is 0.156. The normalized spacial score (nSPS) is 13.5. The molecule has 0 spiro atoms. The van der Waals surface area contributed by atoms with Crippen LogP contribution in [-0.2, 0) is 11.2 Å². The molecule has 0 bridgehead atoms. The van der Waals surface area contributed by atoms with Crippen LogP contribution in [0.1, 0.15) is 56.5 Å². The summed E-state index contributed by atoms with van der Waals surface area (Å²) < 4.78 is 30.7. The molecule has 5 rings (SSSR count). The minimum atomic E-state index is -2.90. The minimum Gasteiger partial charge on any atom is -0.358 e. The smallest absolute Gasteiger partial charge is 0.358 e. The number of allylic oxidation sites excluding steroid dienone is 1. The van der Waals surface area contributed by atoms with Crippen LogP contribution in [0.5, 0.6) is 0 Å². The van der Waals surface area contributed by atoms with Gasteiger partial charge in [0.25, 0.3) is 5.91 Å². The second-order valence-corrected chi connectivity index (χ2v) is 9.92. The molecular weight excluding hydrogens is 521 g/mol. The summed E-state index contributed by atoms with van der Waals surface area (Å²) in [5, 5.41) is 4.42. The highest BCUT2D eigenvalue weighted by molar-refractivity contribution is 6.41. The molecule has 0 atom stereocenters. The van der Waals surface area contributed by atoms with Gasteiger partial charge in [0.05, 0.1) is 11.9 Å². The molecule has 41 heavy (non-hydrogen) atoms. The van der Waals surface area contributed by atoms with Gasteiger partial charge in [-0.3, -0.25) is 18.2 Å². The number of hydrazone groups is 1. The van der Waals surface area contributed by atoms with Crippen LogP contribution < -0.4 is 16.1 Å². The standard InChI is InChI=1S/C32H29BF2N4O2/c1-5-25-19(2)30(37-21(25)4)29(22-12-8-6-9-13-22)31-20(3)26-16-24(28(40)17-27(26)39(31)33(34)35)18-36-38-32(41)23-14-10-7-11-15-23/h6-18,37H,5H2,1-4H3,(H,38,41)/b31-29+,36-18+. The van der Waals surface area contributed by atoms with Crippen LogP contribution in [0.25, 0.3) is 17.7 Å². The zero-order chi connectivity index (χ0) is 29.3. The van der Waals surface area contributed by atoms with Gasteiger partial charge in [0, 0.05) is 44.7 Å². The lowest BCUT2D eigenvalue weighted by Crippen LogP contribution is -2.38. The van der Waals surface area contributed by atoms with Crippen LogP contribution in [0.15, 0.2) is 71.3 Å². The van der Waals surface area contributed by atoms with Gasteiger partial charge in [0.1, 0.15) is 0 Å². The van der Waals surface area contributed by atoms with Crippen molar-refractivity contribution in [2.45, 2.75) is 34.1 Å². The Kier molecular flexibility index (Phi) is 7.70. The van der Waals surface area contributed by atoms with Gasteiger partial charge < -0.3 is 9.46 Å². The van der Waals surface area contributed by atoms with Crippen molar-refractivity contribution in [2.75, 3.05) is 0 Å². The quantitative estimate of drug-likeness (QED) is 0.202. The number of aromatic nitrogens is 2. The highest BCUT2D eigenvalue weighted by atomic mass is 19.2. The molecule has 2 N–H and O–H groups in total. The number of aromatic amines is 1. The topological polar surface area (TPSA) is 79.2 Å².